The zero-order valence-electron chi connectivity index (χ0n) is 11.6. The number of carbonyl (C=O) groups excluding carboxylic acids is 1. The van der Waals surface area contributed by atoms with Gasteiger partial charge in [0, 0.05) is 11.1 Å². The summed E-state index contributed by atoms with van der Waals surface area (Å²) < 4.78 is 5.10. The van der Waals surface area contributed by atoms with Crippen molar-refractivity contribution in [2.24, 2.45) is 11.3 Å². The molecule has 0 amide bonds. The fourth-order valence-corrected chi connectivity index (χ4v) is 3.71. The van der Waals surface area contributed by atoms with Gasteiger partial charge in [0.15, 0.2) is 0 Å². The van der Waals surface area contributed by atoms with Crippen molar-refractivity contribution in [3.63, 3.8) is 0 Å². The first-order valence-electron chi connectivity index (χ1n) is 6.85. The van der Waals surface area contributed by atoms with Crippen molar-refractivity contribution >= 4 is 5.97 Å². The van der Waals surface area contributed by atoms with E-state index in [1.165, 1.54) is 0 Å². The first-order valence-corrected chi connectivity index (χ1v) is 6.85. The third-order valence-electron chi connectivity index (χ3n) is 5.31. The number of aliphatic hydroxyl groups is 2. The van der Waals surface area contributed by atoms with E-state index in [1.54, 1.807) is 13.0 Å². The van der Waals surface area contributed by atoms with Crippen molar-refractivity contribution < 1.29 is 19.7 Å². The van der Waals surface area contributed by atoms with E-state index in [0.29, 0.717) is 29.9 Å². The smallest absolute Gasteiger partial charge is 0.336 e. The monoisotopic (exact) mass is 264 g/mol. The maximum Gasteiger partial charge on any atom is 0.336 e. The van der Waals surface area contributed by atoms with Crippen molar-refractivity contribution in [3.8, 4) is 0 Å². The van der Waals surface area contributed by atoms with Crippen LogP contribution >= 0.6 is 0 Å². The Labute approximate surface area is 112 Å². The lowest BCUT2D eigenvalue weighted by Gasteiger charge is -2.49. The van der Waals surface area contributed by atoms with Crippen molar-refractivity contribution in [2.45, 2.75) is 51.9 Å². The summed E-state index contributed by atoms with van der Waals surface area (Å²) in [5.41, 5.74) is 1.78. The summed E-state index contributed by atoms with van der Waals surface area (Å²) in [4.78, 5) is 11.7. The summed E-state index contributed by atoms with van der Waals surface area (Å²) in [6, 6.07) is 0. The topological polar surface area (TPSA) is 66.8 Å². The Morgan fingerprint density at radius 2 is 2.11 bits per heavy atom. The van der Waals surface area contributed by atoms with Gasteiger partial charge in [-0.25, -0.2) is 4.79 Å². The quantitative estimate of drug-likeness (QED) is 0.516. The molecular formula is C15H20O4. The number of esters is 1. The van der Waals surface area contributed by atoms with Crippen LogP contribution in [0.2, 0.25) is 0 Å². The molecule has 0 aromatic rings. The molecule has 2 aliphatic carbocycles. The summed E-state index contributed by atoms with van der Waals surface area (Å²) >= 11 is 0. The molecule has 3 aliphatic rings. The van der Waals surface area contributed by atoms with Crippen LogP contribution in [0, 0.1) is 11.3 Å². The lowest BCUT2D eigenvalue weighted by Crippen LogP contribution is -2.46. The highest BCUT2D eigenvalue weighted by atomic mass is 16.7. The van der Waals surface area contributed by atoms with E-state index < -0.39 is 17.9 Å². The van der Waals surface area contributed by atoms with Crippen molar-refractivity contribution in [1.82, 2.24) is 0 Å². The number of hydrogen-bond donors (Lipinski definition) is 2. The van der Waals surface area contributed by atoms with Gasteiger partial charge >= 0.3 is 5.97 Å². The van der Waals surface area contributed by atoms with Gasteiger partial charge in [0.2, 0.25) is 0 Å². The van der Waals surface area contributed by atoms with Gasteiger partial charge in [-0.05, 0) is 49.2 Å². The molecule has 0 aromatic heterocycles. The van der Waals surface area contributed by atoms with Crippen LogP contribution in [0.1, 0.15) is 40.0 Å². The standard InChI is InChI=1S/C15H20O4/c1-8-4-5-12(16)11-7-15(18)10(6-14(8,11)3)9(2)13(17)19-15/h7-8,12,16,18H,4-6H2,1-3H3. The van der Waals surface area contributed by atoms with Gasteiger partial charge in [0.05, 0.1) is 6.10 Å². The Morgan fingerprint density at radius 3 is 2.79 bits per heavy atom. The highest BCUT2D eigenvalue weighted by molar-refractivity contribution is 5.92. The molecule has 1 aliphatic heterocycles. The molecule has 0 saturated heterocycles. The van der Waals surface area contributed by atoms with Crippen molar-refractivity contribution in [1.29, 1.82) is 0 Å². The Kier molecular flexibility index (Phi) is 2.51. The van der Waals surface area contributed by atoms with Crippen LogP contribution in [0.3, 0.4) is 0 Å². The highest BCUT2D eigenvalue weighted by Gasteiger charge is 2.54. The molecule has 1 saturated carbocycles. The molecule has 2 N–H and O–H groups in total. The van der Waals surface area contributed by atoms with Crippen LogP contribution in [-0.2, 0) is 9.53 Å². The lowest BCUT2D eigenvalue weighted by atomic mass is 9.58. The predicted molar refractivity (Wildman–Crippen MR) is 69.0 cm³/mol. The van der Waals surface area contributed by atoms with E-state index in [0.717, 1.165) is 12.0 Å². The number of hydrogen-bond acceptors (Lipinski definition) is 4. The maximum atomic E-state index is 11.7. The zero-order chi connectivity index (χ0) is 14.0. The molecule has 0 spiro atoms. The lowest BCUT2D eigenvalue weighted by molar-refractivity contribution is -0.170. The molecule has 4 unspecified atom stereocenters. The number of carbonyl (C=O) groups is 1. The molecule has 3 rings (SSSR count). The largest absolute Gasteiger partial charge is 0.422 e. The SMILES string of the molecule is CC1=C2CC3(C)C(=CC2(O)OC1=O)C(O)CCC3C. The second-order valence-corrected chi connectivity index (χ2v) is 6.38. The van der Waals surface area contributed by atoms with Crippen LogP contribution in [0.5, 0.6) is 0 Å². The Balaban J connectivity index is 2.17. The second-order valence-electron chi connectivity index (χ2n) is 6.38. The van der Waals surface area contributed by atoms with E-state index in [9.17, 15) is 15.0 Å². The van der Waals surface area contributed by atoms with Gasteiger partial charge in [0.1, 0.15) is 0 Å². The molecule has 104 valence electrons. The molecule has 1 fully saturated rings. The minimum absolute atomic E-state index is 0.200. The molecular weight excluding hydrogens is 244 g/mol. The fourth-order valence-electron chi connectivity index (χ4n) is 3.71. The van der Waals surface area contributed by atoms with Crippen LogP contribution in [-0.4, -0.2) is 28.1 Å². The Bertz CT molecular complexity index is 518. The van der Waals surface area contributed by atoms with Gasteiger partial charge in [-0.3, -0.25) is 0 Å². The minimum Gasteiger partial charge on any atom is -0.422 e. The number of ether oxygens (including phenoxy) is 1. The van der Waals surface area contributed by atoms with Crippen LogP contribution in [0.15, 0.2) is 22.8 Å². The number of rotatable bonds is 0. The molecule has 4 atom stereocenters. The van der Waals surface area contributed by atoms with E-state index in [2.05, 4.69) is 13.8 Å². The Hall–Kier alpha value is -1.13. The minimum atomic E-state index is -1.63. The molecule has 1 heterocycles. The van der Waals surface area contributed by atoms with E-state index in [1.807, 2.05) is 0 Å². The summed E-state index contributed by atoms with van der Waals surface area (Å²) in [5.74, 6) is -1.69. The van der Waals surface area contributed by atoms with Crippen molar-refractivity contribution in [2.75, 3.05) is 0 Å². The summed E-state index contributed by atoms with van der Waals surface area (Å²) in [5, 5.41) is 20.7. The third kappa shape index (κ3) is 1.56. The second kappa shape index (κ2) is 3.70. The van der Waals surface area contributed by atoms with Gasteiger partial charge in [-0.2, -0.15) is 0 Å². The molecule has 0 radical (unpaired) electrons. The average Bonchev–Trinajstić information content (AvgIpc) is 2.55. The highest BCUT2D eigenvalue weighted by Crippen LogP contribution is 2.56. The molecule has 0 bridgehead atoms. The molecule has 19 heavy (non-hydrogen) atoms. The van der Waals surface area contributed by atoms with Crippen LogP contribution < -0.4 is 0 Å². The van der Waals surface area contributed by atoms with Crippen molar-refractivity contribution in [3.05, 3.63) is 22.8 Å². The molecule has 0 aromatic carbocycles. The van der Waals surface area contributed by atoms with Gasteiger partial charge in [-0.15, -0.1) is 0 Å². The van der Waals surface area contributed by atoms with E-state index >= 15 is 0 Å². The van der Waals surface area contributed by atoms with E-state index in [-0.39, 0.29) is 5.41 Å². The Morgan fingerprint density at radius 1 is 1.42 bits per heavy atom. The van der Waals surface area contributed by atoms with Crippen LogP contribution in [0.25, 0.3) is 0 Å². The normalized spacial score (nSPS) is 45.5. The summed E-state index contributed by atoms with van der Waals surface area (Å²) in [6.45, 7) is 5.97. The molecule has 4 heteroatoms. The fraction of sp³-hybridized carbons (Fsp3) is 0.667. The molecule has 4 nitrogen and oxygen atoms in total. The van der Waals surface area contributed by atoms with E-state index in [4.69, 9.17) is 4.74 Å². The van der Waals surface area contributed by atoms with Gasteiger partial charge < -0.3 is 14.9 Å². The summed E-state index contributed by atoms with van der Waals surface area (Å²) in [6.07, 6.45) is 3.25. The average molecular weight is 264 g/mol. The summed E-state index contributed by atoms with van der Waals surface area (Å²) in [7, 11) is 0. The third-order valence-corrected chi connectivity index (χ3v) is 5.31. The first kappa shape index (κ1) is 12.9. The predicted octanol–water partition coefficient (Wildman–Crippen LogP) is 1.68. The number of fused-ring (bicyclic) bond motifs is 2. The maximum absolute atomic E-state index is 11.7. The van der Waals surface area contributed by atoms with Gasteiger partial charge in [0.25, 0.3) is 5.79 Å². The first-order chi connectivity index (χ1) is 8.78. The van der Waals surface area contributed by atoms with Crippen LogP contribution in [0.4, 0.5) is 0 Å². The van der Waals surface area contributed by atoms with Gasteiger partial charge in [-0.1, -0.05) is 13.8 Å². The zero-order valence-corrected chi connectivity index (χ0v) is 11.6. The number of aliphatic hydroxyl groups excluding tert-OH is 1.